The van der Waals surface area contributed by atoms with Gasteiger partial charge < -0.3 is 0 Å². The lowest BCUT2D eigenvalue weighted by atomic mass is 9.88. The van der Waals surface area contributed by atoms with E-state index in [0.29, 0.717) is 0 Å². The maximum atomic E-state index is 11.8. The van der Waals surface area contributed by atoms with Gasteiger partial charge in [0.25, 0.3) is 0 Å². The number of guanidine groups is 1. The Morgan fingerprint density at radius 3 is 1.93 bits per heavy atom. The highest BCUT2D eigenvalue weighted by Gasteiger charge is 2.47. The normalized spacial score (nSPS) is 20.3. The summed E-state index contributed by atoms with van der Waals surface area (Å²) in [6.45, 7) is 3.10. The van der Waals surface area contributed by atoms with Gasteiger partial charge in [-0.3, -0.25) is 19.4 Å². The quantitative estimate of drug-likeness (QED) is 0.408. The number of carbonyl (C=O) groups is 2. The van der Waals surface area contributed by atoms with Crippen LogP contribution in [0.1, 0.15) is 13.8 Å². The zero-order chi connectivity index (χ0) is 11.8. The Kier molecular flexibility index (Phi) is 2.50. The molecule has 15 heavy (non-hydrogen) atoms. The summed E-state index contributed by atoms with van der Waals surface area (Å²) in [4.78, 5) is 29.4. The van der Waals surface area contributed by atoms with E-state index in [1.165, 1.54) is 23.9 Å². The molecule has 0 saturated carbocycles. The molecule has 0 spiro atoms. The van der Waals surface area contributed by atoms with E-state index < -0.39 is 5.41 Å². The molecule has 1 aliphatic heterocycles. The first-order valence-corrected chi connectivity index (χ1v) is 4.37. The minimum atomic E-state index is -1.10. The number of carbonyl (C=O) groups excluding carboxylic acids is 2. The molecule has 1 aliphatic rings. The highest BCUT2D eigenvalue weighted by Crippen LogP contribution is 2.26. The van der Waals surface area contributed by atoms with E-state index in [2.05, 4.69) is 4.99 Å². The van der Waals surface area contributed by atoms with Crippen molar-refractivity contribution in [3.05, 3.63) is 0 Å². The average Bonchev–Trinajstić information content (AvgIpc) is 2.20. The van der Waals surface area contributed by atoms with E-state index in [9.17, 15) is 9.59 Å². The summed E-state index contributed by atoms with van der Waals surface area (Å²) >= 11 is 0. The standard InChI is InChI=1S/C9H12N4O2/c1-9(2)6(14)12(3)8(11-5-10)13(4)7(9)15/h1-4H3. The molecule has 0 unspecified atom stereocenters. The Balaban J connectivity index is 3.24. The minimum absolute atomic E-state index is 0.0619. The van der Waals surface area contributed by atoms with Gasteiger partial charge in [-0.1, -0.05) is 0 Å². The van der Waals surface area contributed by atoms with Crippen molar-refractivity contribution in [1.82, 2.24) is 9.80 Å². The molecule has 2 amide bonds. The van der Waals surface area contributed by atoms with E-state index in [1.807, 2.05) is 0 Å². The van der Waals surface area contributed by atoms with Gasteiger partial charge in [-0.25, -0.2) is 0 Å². The van der Waals surface area contributed by atoms with Gasteiger partial charge >= 0.3 is 0 Å². The second-order valence-electron chi connectivity index (χ2n) is 3.87. The van der Waals surface area contributed by atoms with E-state index in [1.54, 1.807) is 20.0 Å². The van der Waals surface area contributed by atoms with Gasteiger partial charge in [0.1, 0.15) is 5.41 Å². The molecule has 6 heteroatoms. The summed E-state index contributed by atoms with van der Waals surface area (Å²) in [6, 6.07) is 0. The van der Waals surface area contributed by atoms with E-state index in [0.717, 1.165) is 0 Å². The fraction of sp³-hybridized carbons (Fsp3) is 0.556. The molecular formula is C9H12N4O2. The maximum Gasteiger partial charge on any atom is 0.244 e. The van der Waals surface area contributed by atoms with Crippen LogP contribution in [0.5, 0.6) is 0 Å². The van der Waals surface area contributed by atoms with Crippen molar-refractivity contribution in [2.45, 2.75) is 13.8 Å². The summed E-state index contributed by atoms with van der Waals surface area (Å²) in [5.41, 5.74) is -1.10. The van der Waals surface area contributed by atoms with Crippen LogP contribution in [0.15, 0.2) is 4.99 Å². The zero-order valence-corrected chi connectivity index (χ0v) is 9.11. The molecule has 1 fully saturated rings. The molecule has 1 rings (SSSR count). The van der Waals surface area contributed by atoms with E-state index in [-0.39, 0.29) is 17.8 Å². The van der Waals surface area contributed by atoms with Gasteiger partial charge in [0.05, 0.1) is 0 Å². The number of nitrogens with zero attached hydrogens (tertiary/aromatic N) is 4. The van der Waals surface area contributed by atoms with Crippen molar-refractivity contribution in [2.24, 2.45) is 10.4 Å². The number of rotatable bonds is 0. The Bertz CT molecular complexity index is 365. The number of aliphatic imine (C=N–C) groups is 1. The van der Waals surface area contributed by atoms with Crippen LogP contribution >= 0.6 is 0 Å². The summed E-state index contributed by atoms with van der Waals surface area (Å²) in [7, 11) is 2.98. The Labute approximate surface area is 87.8 Å². The second kappa shape index (κ2) is 3.35. The zero-order valence-electron chi connectivity index (χ0n) is 9.11. The Morgan fingerprint density at radius 1 is 1.20 bits per heavy atom. The van der Waals surface area contributed by atoms with Crippen molar-refractivity contribution >= 4 is 17.8 Å². The lowest BCUT2D eigenvalue weighted by Gasteiger charge is -2.39. The number of amides is 2. The van der Waals surface area contributed by atoms with Crippen LogP contribution in [0.3, 0.4) is 0 Å². The minimum Gasteiger partial charge on any atom is -0.284 e. The van der Waals surface area contributed by atoms with Gasteiger partial charge in [-0.2, -0.15) is 5.26 Å². The topological polar surface area (TPSA) is 76.8 Å². The van der Waals surface area contributed by atoms with Gasteiger partial charge in [0, 0.05) is 14.1 Å². The molecule has 0 aliphatic carbocycles. The predicted octanol–water partition coefficient (Wildman–Crippen LogP) is -0.220. The second-order valence-corrected chi connectivity index (χ2v) is 3.87. The van der Waals surface area contributed by atoms with Crippen LogP contribution in [0.25, 0.3) is 0 Å². The van der Waals surface area contributed by atoms with Crippen LogP contribution in [0.2, 0.25) is 0 Å². The molecule has 6 nitrogen and oxygen atoms in total. The van der Waals surface area contributed by atoms with Crippen LogP contribution in [0.4, 0.5) is 0 Å². The van der Waals surface area contributed by atoms with Crippen molar-refractivity contribution in [2.75, 3.05) is 14.1 Å². The van der Waals surface area contributed by atoms with Crippen molar-refractivity contribution in [1.29, 1.82) is 5.26 Å². The van der Waals surface area contributed by atoms with E-state index in [4.69, 9.17) is 5.26 Å². The molecule has 1 heterocycles. The van der Waals surface area contributed by atoms with Crippen molar-refractivity contribution in [3.63, 3.8) is 0 Å². The first-order chi connectivity index (χ1) is 6.84. The summed E-state index contributed by atoms with van der Waals surface area (Å²) in [5.74, 6) is -0.661. The third-order valence-electron chi connectivity index (χ3n) is 2.43. The summed E-state index contributed by atoms with van der Waals surface area (Å²) in [6.07, 6.45) is 1.57. The fourth-order valence-electron chi connectivity index (χ4n) is 1.53. The number of nitriles is 1. The monoisotopic (exact) mass is 208 g/mol. The lowest BCUT2D eigenvalue weighted by molar-refractivity contribution is -0.152. The Hall–Kier alpha value is -1.90. The first kappa shape index (κ1) is 11.2. The first-order valence-electron chi connectivity index (χ1n) is 4.37. The van der Waals surface area contributed by atoms with Crippen LogP contribution in [-0.4, -0.2) is 41.7 Å². The highest BCUT2D eigenvalue weighted by atomic mass is 16.2. The molecule has 0 aromatic heterocycles. The molecular weight excluding hydrogens is 196 g/mol. The molecule has 0 radical (unpaired) electrons. The fourth-order valence-corrected chi connectivity index (χ4v) is 1.53. The molecule has 1 saturated heterocycles. The lowest BCUT2D eigenvalue weighted by Crippen LogP contribution is -2.61. The van der Waals surface area contributed by atoms with E-state index >= 15 is 0 Å². The highest BCUT2D eigenvalue weighted by molar-refractivity contribution is 6.19. The molecule has 0 atom stereocenters. The smallest absolute Gasteiger partial charge is 0.244 e. The number of hydrogen-bond donors (Lipinski definition) is 0. The summed E-state index contributed by atoms with van der Waals surface area (Å²) in [5, 5.41) is 8.44. The van der Waals surface area contributed by atoms with Crippen molar-refractivity contribution < 1.29 is 9.59 Å². The average molecular weight is 208 g/mol. The third-order valence-corrected chi connectivity index (χ3v) is 2.43. The van der Waals surface area contributed by atoms with Crippen LogP contribution in [-0.2, 0) is 9.59 Å². The molecule has 80 valence electrons. The molecule has 0 aromatic carbocycles. The molecule has 0 N–H and O–H groups in total. The van der Waals surface area contributed by atoms with Crippen LogP contribution < -0.4 is 0 Å². The predicted molar refractivity (Wildman–Crippen MR) is 52.4 cm³/mol. The van der Waals surface area contributed by atoms with Gasteiger partial charge in [0.2, 0.25) is 24.0 Å². The summed E-state index contributed by atoms with van der Waals surface area (Å²) < 4.78 is 0. The largest absolute Gasteiger partial charge is 0.284 e. The SMILES string of the molecule is CN1C(=O)C(C)(C)C(=O)N(C)C1=NC#N. The molecule has 0 aromatic rings. The Morgan fingerprint density at radius 2 is 1.60 bits per heavy atom. The third kappa shape index (κ3) is 1.46. The van der Waals surface area contributed by atoms with Crippen LogP contribution in [0, 0.1) is 16.9 Å². The van der Waals surface area contributed by atoms with Gasteiger partial charge in [-0.15, -0.1) is 4.99 Å². The van der Waals surface area contributed by atoms with Crippen molar-refractivity contribution in [3.8, 4) is 6.19 Å². The maximum absolute atomic E-state index is 11.8. The van der Waals surface area contributed by atoms with Gasteiger partial charge in [-0.05, 0) is 13.8 Å². The number of hydrogen-bond acceptors (Lipinski definition) is 4. The van der Waals surface area contributed by atoms with Gasteiger partial charge in [0.15, 0.2) is 0 Å². The molecule has 0 bridgehead atoms.